The van der Waals surface area contributed by atoms with Crippen molar-refractivity contribution in [2.75, 3.05) is 11.1 Å². The Morgan fingerprint density at radius 1 is 1.10 bits per heavy atom. The van der Waals surface area contributed by atoms with Gasteiger partial charge in [-0.15, -0.1) is 0 Å². The summed E-state index contributed by atoms with van der Waals surface area (Å²) >= 11 is 5.82. The maximum Gasteiger partial charge on any atom is 0.255 e. The van der Waals surface area contributed by atoms with Crippen molar-refractivity contribution in [3.63, 3.8) is 0 Å². The van der Waals surface area contributed by atoms with Crippen LogP contribution >= 0.6 is 11.6 Å². The molecule has 0 saturated heterocycles. The number of carbonyl (C=O) groups excluding carboxylic acids is 2. The fourth-order valence-corrected chi connectivity index (χ4v) is 1.82. The molecule has 2 rings (SSSR count). The lowest BCUT2D eigenvalue weighted by atomic mass is 10.1. The minimum Gasteiger partial charge on any atom is -0.398 e. The maximum atomic E-state index is 13.6. The molecule has 2 aromatic carbocycles. The normalized spacial score (nSPS) is 10.2. The number of benzene rings is 2. The molecule has 0 spiro atoms. The molecule has 0 atom stereocenters. The molecule has 0 radical (unpaired) electrons. The average molecular weight is 308 g/mol. The van der Waals surface area contributed by atoms with E-state index in [9.17, 15) is 14.0 Å². The molecule has 5 N–H and O–H groups in total. The summed E-state index contributed by atoms with van der Waals surface area (Å²) in [6.07, 6.45) is 0. The fraction of sp³-hybridized carbons (Fsp3) is 0. The predicted molar refractivity (Wildman–Crippen MR) is 78.7 cm³/mol. The summed E-state index contributed by atoms with van der Waals surface area (Å²) in [5.41, 5.74) is 11.1. The number of anilines is 2. The highest BCUT2D eigenvalue weighted by Crippen LogP contribution is 2.21. The van der Waals surface area contributed by atoms with Crippen LogP contribution in [0.2, 0.25) is 5.02 Å². The Morgan fingerprint density at radius 3 is 2.38 bits per heavy atom. The van der Waals surface area contributed by atoms with Gasteiger partial charge in [0, 0.05) is 11.1 Å². The minimum atomic E-state index is -0.721. The molecule has 0 fully saturated rings. The Morgan fingerprint density at radius 2 is 1.76 bits per heavy atom. The summed E-state index contributed by atoms with van der Waals surface area (Å²) in [6.45, 7) is 0. The molecule has 2 amide bonds. The molecule has 5 nitrogen and oxygen atoms in total. The summed E-state index contributed by atoms with van der Waals surface area (Å²) in [7, 11) is 0. The van der Waals surface area contributed by atoms with Gasteiger partial charge in [-0.05, 0) is 36.4 Å². The molecule has 0 aliphatic rings. The first-order valence-corrected chi connectivity index (χ1v) is 6.22. The summed E-state index contributed by atoms with van der Waals surface area (Å²) < 4.78 is 13.6. The minimum absolute atomic E-state index is 0.0852. The maximum absolute atomic E-state index is 13.6. The van der Waals surface area contributed by atoms with Crippen molar-refractivity contribution in [3.8, 4) is 0 Å². The molecule has 7 heteroatoms. The van der Waals surface area contributed by atoms with Crippen LogP contribution in [0.25, 0.3) is 0 Å². The first kappa shape index (κ1) is 14.8. The highest BCUT2D eigenvalue weighted by Gasteiger charge is 2.12. The van der Waals surface area contributed by atoms with Gasteiger partial charge in [0.15, 0.2) is 0 Å². The van der Waals surface area contributed by atoms with Gasteiger partial charge in [-0.25, -0.2) is 4.39 Å². The van der Waals surface area contributed by atoms with Crippen molar-refractivity contribution in [3.05, 3.63) is 58.4 Å². The summed E-state index contributed by atoms with van der Waals surface area (Å²) in [6, 6.07) is 7.72. The van der Waals surface area contributed by atoms with Gasteiger partial charge >= 0.3 is 0 Å². The molecule has 0 aromatic heterocycles. The zero-order chi connectivity index (χ0) is 15.6. The zero-order valence-electron chi connectivity index (χ0n) is 10.7. The van der Waals surface area contributed by atoms with Gasteiger partial charge in [-0.1, -0.05) is 11.6 Å². The molecule has 21 heavy (non-hydrogen) atoms. The van der Waals surface area contributed by atoms with Crippen LogP contribution in [-0.4, -0.2) is 11.8 Å². The standard InChI is InChI=1S/C14H11ClFN3O2/c15-9-5-8(2-4-11(9)17)14(21)19-12-6-7(13(18)20)1-3-10(12)16/h1-6H,17H2,(H2,18,20)(H,19,21). The van der Waals surface area contributed by atoms with Gasteiger partial charge in [0.05, 0.1) is 16.4 Å². The van der Waals surface area contributed by atoms with Gasteiger partial charge in [-0.2, -0.15) is 0 Å². The average Bonchev–Trinajstić information content (AvgIpc) is 2.43. The van der Waals surface area contributed by atoms with Crippen LogP contribution in [0.5, 0.6) is 0 Å². The molecule has 0 aliphatic heterocycles. The van der Waals surface area contributed by atoms with Crippen LogP contribution in [0.1, 0.15) is 20.7 Å². The van der Waals surface area contributed by atoms with E-state index in [-0.39, 0.29) is 21.8 Å². The predicted octanol–water partition coefficient (Wildman–Crippen LogP) is 2.41. The number of nitrogen functional groups attached to an aromatic ring is 1. The molecular weight excluding hydrogens is 297 g/mol. The lowest BCUT2D eigenvalue weighted by Crippen LogP contribution is -2.15. The van der Waals surface area contributed by atoms with Crippen LogP contribution < -0.4 is 16.8 Å². The van der Waals surface area contributed by atoms with E-state index in [1.807, 2.05) is 0 Å². The molecule has 0 saturated carbocycles. The van der Waals surface area contributed by atoms with E-state index in [0.29, 0.717) is 5.69 Å². The van der Waals surface area contributed by atoms with E-state index in [0.717, 1.165) is 12.1 Å². The van der Waals surface area contributed by atoms with E-state index in [1.54, 1.807) is 0 Å². The number of nitrogens with one attached hydrogen (secondary N) is 1. The van der Waals surface area contributed by atoms with Crippen LogP contribution in [0, 0.1) is 5.82 Å². The quantitative estimate of drug-likeness (QED) is 0.759. The van der Waals surface area contributed by atoms with Crippen LogP contribution in [0.15, 0.2) is 36.4 Å². The van der Waals surface area contributed by atoms with Crippen molar-refractivity contribution >= 4 is 34.8 Å². The van der Waals surface area contributed by atoms with Gasteiger partial charge in [0.1, 0.15) is 5.82 Å². The molecule has 0 aliphatic carbocycles. The monoisotopic (exact) mass is 307 g/mol. The second kappa shape index (κ2) is 5.80. The third kappa shape index (κ3) is 3.29. The summed E-state index contributed by atoms with van der Waals surface area (Å²) in [5.74, 6) is -1.99. The topological polar surface area (TPSA) is 98.2 Å². The molecular formula is C14H11ClFN3O2. The molecule has 0 unspecified atom stereocenters. The summed E-state index contributed by atoms with van der Waals surface area (Å²) in [5, 5.41) is 2.56. The Hall–Kier alpha value is -2.60. The Bertz CT molecular complexity index is 734. The number of hydrogen-bond acceptors (Lipinski definition) is 3. The Balaban J connectivity index is 2.28. The summed E-state index contributed by atoms with van der Waals surface area (Å²) in [4.78, 5) is 23.1. The van der Waals surface area contributed by atoms with Crippen molar-refractivity contribution in [1.82, 2.24) is 0 Å². The van der Waals surface area contributed by atoms with Crippen LogP contribution in [0.4, 0.5) is 15.8 Å². The van der Waals surface area contributed by atoms with Crippen molar-refractivity contribution in [1.29, 1.82) is 0 Å². The number of hydrogen-bond donors (Lipinski definition) is 3. The van der Waals surface area contributed by atoms with E-state index < -0.39 is 17.6 Å². The zero-order valence-corrected chi connectivity index (χ0v) is 11.4. The largest absolute Gasteiger partial charge is 0.398 e. The second-order valence-corrected chi connectivity index (χ2v) is 4.66. The van der Waals surface area contributed by atoms with Crippen molar-refractivity contribution < 1.29 is 14.0 Å². The van der Waals surface area contributed by atoms with Crippen LogP contribution in [0.3, 0.4) is 0 Å². The van der Waals surface area contributed by atoms with E-state index >= 15 is 0 Å². The number of carbonyl (C=O) groups is 2. The number of nitrogens with two attached hydrogens (primary N) is 2. The lowest BCUT2D eigenvalue weighted by molar-refractivity contribution is 0.0996. The van der Waals surface area contributed by atoms with Gasteiger partial charge in [0.2, 0.25) is 5.91 Å². The van der Waals surface area contributed by atoms with E-state index in [2.05, 4.69) is 5.32 Å². The van der Waals surface area contributed by atoms with Gasteiger partial charge in [-0.3, -0.25) is 9.59 Å². The SMILES string of the molecule is NC(=O)c1ccc(F)c(NC(=O)c2ccc(N)c(Cl)c2)c1. The lowest BCUT2D eigenvalue weighted by Gasteiger charge is -2.08. The Kier molecular flexibility index (Phi) is 4.09. The molecule has 108 valence electrons. The van der Waals surface area contributed by atoms with E-state index in [1.165, 1.54) is 24.3 Å². The second-order valence-electron chi connectivity index (χ2n) is 4.25. The Labute approximate surface area is 124 Å². The first-order valence-electron chi connectivity index (χ1n) is 5.84. The number of primary amides is 1. The van der Waals surface area contributed by atoms with Gasteiger partial charge < -0.3 is 16.8 Å². The van der Waals surface area contributed by atoms with Gasteiger partial charge in [0.25, 0.3) is 5.91 Å². The van der Waals surface area contributed by atoms with Crippen LogP contribution in [-0.2, 0) is 0 Å². The number of halogens is 2. The highest BCUT2D eigenvalue weighted by atomic mass is 35.5. The molecule has 0 heterocycles. The number of rotatable bonds is 3. The molecule has 0 bridgehead atoms. The first-order chi connectivity index (χ1) is 9.88. The third-order valence-electron chi connectivity index (χ3n) is 2.76. The van der Waals surface area contributed by atoms with Crippen molar-refractivity contribution in [2.24, 2.45) is 5.73 Å². The third-order valence-corrected chi connectivity index (χ3v) is 3.09. The fourth-order valence-electron chi connectivity index (χ4n) is 1.64. The smallest absolute Gasteiger partial charge is 0.255 e. The molecule has 2 aromatic rings. The van der Waals surface area contributed by atoms with E-state index in [4.69, 9.17) is 23.1 Å². The number of amides is 2. The highest BCUT2D eigenvalue weighted by molar-refractivity contribution is 6.33. The van der Waals surface area contributed by atoms with Crippen molar-refractivity contribution in [2.45, 2.75) is 0 Å².